The fraction of sp³-hybridized carbons (Fsp3) is 0.211. The quantitative estimate of drug-likeness (QED) is 0.669. The molecule has 0 saturated carbocycles. The van der Waals surface area contributed by atoms with Crippen LogP contribution in [0.2, 0.25) is 5.02 Å². The fourth-order valence-corrected chi connectivity index (χ4v) is 2.49. The Kier molecular flexibility index (Phi) is 7.00. The van der Waals surface area contributed by atoms with E-state index in [-0.39, 0.29) is 12.4 Å². The molecule has 1 aromatic heterocycles. The van der Waals surface area contributed by atoms with E-state index < -0.39 is 6.10 Å². The molecular weight excluding hydrogens is 326 g/mol. The zero-order chi connectivity index (χ0) is 17.4. The Balaban J connectivity index is 2.26. The molecule has 126 valence electrons. The molecule has 0 unspecified atom stereocenters. The predicted octanol–water partition coefficient (Wildman–Crippen LogP) is 3.67. The first-order chi connectivity index (χ1) is 11.6. The standard InChI is InChI=1S/C19H20ClNO3/c20-18-13-17(24)9-6-14(18)12-15(19-5-1-2-10-21-19)7-8-16(23)4-3-11-22/h1-6,9-10,12-13,16,22-24H,7-8,11H2/b4-3-,15-12-/t16-/m0/s1. The maximum Gasteiger partial charge on any atom is 0.117 e. The first kappa shape index (κ1) is 18.2. The van der Waals surface area contributed by atoms with Crippen molar-refractivity contribution in [3.05, 3.63) is 71.0 Å². The van der Waals surface area contributed by atoms with Crippen molar-refractivity contribution in [1.29, 1.82) is 0 Å². The minimum Gasteiger partial charge on any atom is -0.508 e. The number of benzene rings is 1. The number of phenols is 1. The largest absolute Gasteiger partial charge is 0.508 e. The number of allylic oxidation sites excluding steroid dienone is 1. The van der Waals surface area contributed by atoms with Crippen LogP contribution in [0.4, 0.5) is 0 Å². The molecular formula is C19H20ClNO3. The molecule has 2 rings (SSSR count). The molecule has 0 saturated heterocycles. The summed E-state index contributed by atoms with van der Waals surface area (Å²) < 4.78 is 0. The molecule has 4 nitrogen and oxygen atoms in total. The SMILES string of the molecule is OC/C=C\[C@H](O)CC/C(=C/c1ccc(O)cc1Cl)c1ccccn1. The average Bonchev–Trinajstić information content (AvgIpc) is 2.59. The monoisotopic (exact) mass is 345 g/mol. The highest BCUT2D eigenvalue weighted by molar-refractivity contribution is 6.32. The molecule has 0 aliphatic rings. The number of halogens is 1. The Morgan fingerprint density at radius 1 is 1.25 bits per heavy atom. The summed E-state index contributed by atoms with van der Waals surface area (Å²) in [6.07, 6.45) is 7.16. The van der Waals surface area contributed by atoms with Crippen molar-refractivity contribution in [3.63, 3.8) is 0 Å². The number of rotatable bonds is 7. The minimum atomic E-state index is -0.639. The van der Waals surface area contributed by atoms with Gasteiger partial charge in [-0.1, -0.05) is 29.8 Å². The van der Waals surface area contributed by atoms with E-state index in [0.717, 1.165) is 16.8 Å². The summed E-state index contributed by atoms with van der Waals surface area (Å²) in [5, 5.41) is 28.6. The van der Waals surface area contributed by atoms with E-state index in [4.69, 9.17) is 16.7 Å². The van der Waals surface area contributed by atoms with Crippen molar-refractivity contribution in [1.82, 2.24) is 4.98 Å². The lowest BCUT2D eigenvalue weighted by Crippen LogP contribution is -2.03. The van der Waals surface area contributed by atoms with Crippen molar-refractivity contribution < 1.29 is 15.3 Å². The molecule has 0 aliphatic carbocycles. The van der Waals surface area contributed by atoms with Crippen molar-refractivity contribution in [2.75, 3.05) is 6.61 Å². The van der Waals surface area contributed by atoms with E-state index in [1.54, 1.807) is 24.4 Å². The Labute approximate surface area is 146 Å². The molecule has 1 atom stereocenters. The summed E-state index contributed by atoms with van der Waals surface area (Å²) in [7, 11) is 0. The van der Waals surface area contributed by atoms with Gasteiger partial charge in [-0.3, -0.25) is 4.98 Å². The van der Waals surface area contributed by atoms with Crippen LogP contribution < -0.4 is 0 Å². The predicted molar refractivity (Wildman–Crippen MR) is 96.7 cm³/mol. The summed E-state index contributed by atoms with van der Waals surface area (Å²) >= 11 is 6.18. The van der Waals surface area contributed by atoms with Gasteiger partial charge in [-0.2, -0.15) is 0 Å². The molecule has 0 spiro atoms. The number of nitrogens with zero attached hydrogens (tertiary/aromatic N) is 1. The highest BCUT2D eigenvalue weighted by atomic mass is 35.5. The minimum absolute atomic E-state index is 0.0941. The number of aromatic hydroxyl groups is 1. The van der Waals surface area contributed by atoms with Gasteiger partial charge in [0.05, 0.1) is 23.4 Å². The average molecular weight is 346 g/mol. The Bertz CT molecular complexity index is 714. The second kappa shape index (κ2) is 9.23. The number of aliphatic hydroxyl groups excluding tert-OH is 2. The van der Waals surface area contributed by atoms with Crippen LogP contribution in [0.1, 0.15) is 24.1 Å². The van der Waals surface area contributed by atoms with E-state index in [1.165, 1.54) is 12.1 Å². The topological polar surface area (TPSA) is 73.6 Å². The molecule has 5 heteroatoms. The lowest BCUT2D eigenvalue weighted by molar-refractivity contribution is 0.213. The van der Waals surface area contributed by atoms with Crippen LogP contribution >= 0.6 is 11.6 Å². The molecule has 0 aliphatic heterocycles. The molecule has 1 heterocycles. The smallest absolute Gasteiger partial charge is 0.117 e. The number of hydrogen-bond donors (Lipinski definition) is 3. The first-order valence-electron chi connectivity index (χ1n) is 7.66. The van der Waals surface area contributed by atoms with Crippen LogP contribution in [0.5, 0.6) is 5.75 Å². The maximum atomic E-state index is 9.93. The van der Waals surface area contributed by atoms with Gasteiger partial charge >= 0.3 is 0 Å². The lowest BCUT2D eigenvalue weighted by Gasteiger charge is -2.10. The van der Waals surface area contributed by atoms with Crippen LogP contribution in [0.3, 0.4) is 0 Å². The number of phenolic OH excluding ortho intramolecular Hbond substituents is 1. The number of hydrogen-bond acceptors (Lipinski definition) is 4. The van der Waals surface area contributed by atoms with E-state index >= 15 is 0 Å². The van der Waals surface area contributed by atoms with Gasteiger partial charge in [0.25, 0.3) is 0 Å². The van der Waals surface area contributed by atoms with Crippen LogP contribution in [0.15, 0.2) is 54.7 Å². The third kappa shape index (κ3) is 5.49. The second-order valence-electron chi connectivity index (χ2n) is 5.31. The van der Waals surface area contributed by atoms with Crippen LogP contribution in [0, 0.1) is 0 Å². The Morgan fingerprint density at radius 2 is 2.08 bits per heavy atom. The van der Waals surface area contributed by atoms with Crippen molar-refractivity contribution >= 4 is 23.3 Å². The Hall–Kier alpha value is -2.14. The van der Waals surface area contributed by atoms with Gasteiger partial charge in [0.2, 0.25) is 0 Å². The van der Waals surface area contributed by atoms with Gasteiger partial charge in [0.15, 0.2) is 0 Å². The van der Waals surface area contributed by atoms with Crippen LogP contribution in [0.25, 0.3) is 11.6 Å². The first-order valence-corrected chi connectivity index (χ1v) is 8.04. The van der Waals surface area contributed by atoms with E-state index in [9.17, 15) is 10.2 Å². The molecule has 2 aromatic rings. The van der Waals surface area contributed by atoms with Crippen molar-refractivity contribution in [2.45, 2.75) is 18.9 Å². The van der Waals surface area contributed by atoms with Gasteiger partial charge in [0.1, 0.15) is 5.75 Å². The van der Waals surface area contributed by atoms with E-state index in [1.807, 2.05) is 24.3 Å². The van der Waals surface area contributed by atoms with E-state index in [0.29, 0.717) is 17.9 Å². The third-order valence-corrected chi connectivity index (χ3v) is 3.81. The summed E-state index contributed by atoms with van der Waals surface area (Å²) in [4.78, 5) is 4.36. The molecule has 0 amide bonds. The van der Waals surface area contributed by atoms with Crippen LogP contribution in [-0.2, 0) is 0 Å². The van der Waals surface area contributed by atoms with Gasteiger partial charge < -0.3 is 15.3 Å². The Morgan fingerprint density at radius 3 is 2.75 bits per heavy atom. The molecule has 3 N–H and O–H groups in total. The number of aromatic nitrogens is 1. The molecule has 0 radical (unpaired) electrons. The normalized spacial score (nSPS) is 13.4. The maximum absolute atomic E-state index is 9.93. The van der Waals surface area contributed by atoms with Gasteiger partial charge in [-0.25, -0.2) is 0 Å². The van der Waals surface area contributed by atoms with Crippen molar-refractivity contribution in [3.8, 4) is 5.75 Å². The summed E-state index contributed by atoms with van der Waals surface area (Å²) in [5.74, 6) is 0.112. The summed E-state index contributed by atoms with van der Waals surface area (Å²) in [6, 6.07) is 10.4. The summed E-state index contributed by atoms with van der Waals surface area (Å²) in [6.45, 7) is -0.0941. The fourth-order valence-electron chi connectivity index (χ4n) is 2.27. The van der Waals surface area contributed by atoms with Gasteiger partial charge in [-0.05, 0) is 60.4 Å². The second-order valence-corrected chi connectivity index (χ2v) is 5.71. The third-order valence-electron chi connectivity index (χ3n) is 3.48. The van der Waals surface area contributed by atoms with Crippen molar-refractivity contribution in [2.24, 2.45) is 0 Å². The highest BCUT2D eigenvalue weighted by Gasteiger charge is 2.08. The highest BCUT2D eigenvalue weighted by Crippen LogP contribution is 2.28. The van der Waals surface area contributed by atoms with Crippen LogP contribution in [-0.4, -0.2) is 33.0 Å². The lowest BCUT2D eigenvalue weighted by atomic mass is 10.00. The van der Waals surface area contributed by atoms with Gasteiger partial charge in [0, 0.05) is 6.20 Å². The molecule has 1 aromatic carbocycles. The zero-order valence-corrected chi connectivity index (χ0v) is 13.9. The zero-order valence-electron chi connectivity index (χ0n) is 13.1. The molecule has 0 fully saturated rings. The van der Waals surface area contributed by atoms with E-state index in [2.05, 4.69) is 4.98 Å². The molecule has 24 heavy (non-hydrogen) atoms. The summed E-state index contributed by atoms with van der Waals surface area (Å²) in [5.41, 5.74) is 2.51. The molecule has 0 bridgehead atoms. The number of aliphatic hydroxyl groups is 2. The van der Waals surface area contributed by atoms with Gasteiger partial charge in [-0.15, -0.1) is 0 Å². The number of pyridine rings is 1.